The van der Waals surface area contributed by atoms with E-state index in [0.717, 1.165) is 0 Å². The molecule has 1 atom stereocenters. The van der Waals surface area contributed by atoms with Crippen molar-refractivity contribution in [2.24, 2.45) is 0 Å². The quantitative estimate of drug-likeness (QED) is 0.582. The maximum absolute atomic E-state index is 12.7. The first-order valence-electron chi connectivity index (χ1n) is 8.51. The number of rotatable bonds is 8. The minimum atomic E-state index is -4.64. The maximum atomic E-state index is 12.7. The molecule has 2 aromatic rings. The maximum Gasteiger partial charge on any atom is 0.417 e. The lowest BCUT2D eigenvalue weighted by Gasteiger charge is -2.25. The van der Waals surface area contributed by atoms with Crippen LogP contribution in [0.15, 0.2) is 36.5 Å². The SMILES string of the molecule is CNC(=O)C(C#N)(Oc1ccccc1Cl)C(=O)CCOc1ncc(C(F)(F)F)cc1Cl. The molecule has 0 spiro atoms. The number of para-hydroxylation sites is 1. The number of halogens is 5. The number of aromatic nitrogens is 1. The summed E-state index contributed by atoms with van der Waals surface area (Å²) in [5.74, 6) is -2.43. The number of pyridine rings is 1. The Bertz CT molecular complexity index is 1030. The summed E-state index contributed by atoms with van der Waals surface area (Å²) >= 11 is 11.7. The van der Waals surface area contributed by atoms with E-state index in [-0.39, 0.29) is 16.7 Å². The molecule has 7 nitrogen and oxygen atoms in total. The molecule has 1 aromatic heterocycles. The number of alkyl halides is 3. The summed E-state index contributed by atoms with van der Waals surface area (Å²) in [5, 5.41) is 11.4. The van der Waals surface area contributed by atoms with E-state index in [1.807, 2.05) is 0 Å². The van der Waals surface area contributed by atoms with Gasteiger partial charge < -0.3 is 14.8 Å². The molecule has 0 aliphatic rings. The molecule has 1 N–H and O–H groups in total. The average molecular weight is 476 g/mol. The van der Waals surface area contributed by atoms with E-state index in [9.17, 15) is 28.0 Å². The van der Waals surface area contributed by atoms with Crippen molar-refractivity contribution in [1.82, 2.24) is 10.3 Å². The second kappa shape index (κ2) is 9.85. The molecule has 1 unspecified atom stereocenters. The van der Waals surface area contributed by atoms with E-state index in [1.54, 1.807) is 12.1 Å². The highest BCUT2D eigenvalue weighted by atomic mass is 35.5. The highest BCUT2D eigenvalue weighted by molar-refractivity contribution is 6.32. The van der Waals surface area contributed by atoms with Crippen LogP contribution in [-0.2, 0) is 15.8 Å². The lowest BCUT2D eigenvalue weighted by molar-refractivity contribution is -0.144. The van der Waals surface area contributed by atoms with Crippen LogP contribution in [0.1, 0.15) is 12.0 Å². The van der Waals surface area contributed by atoms with Crippen molar-refractivity contribution in [3.05, 3.63) is 52.1 Å². The fourth-order valence-corrected chi connectivity index (χ4v) is 2.73. The van der Waals surface area contributed by atoms with Crippen molar-refractivity contribution >= 4 is 34.9 Å². The molecule has 0 saturated heterocycles. The molecule has 0 aliphatic carbocycles. The van der Waals surface area contributed by atoms with E-state index in [2.05, 4.69) is 10.3 Å². The monoisotopic (exact) mass is 475 g/mol. The average Bonchev–Trinajstić information content (AvgIpc) is 2.73. The summed E-state index contributed by atoms with van der Waals surface area (Å²) < 4.78 is 48.6. The Morgan fingerprint density at radius 2 is 1.90 bits per heavy atom. The lowest BCUT2D eigenvalue weighted by atomic mass is 9.96. The van der Waals surface area contributed by atoms with E-state index in [1.165, 1.54) is 25.2 Å². The molecule has 1 heterocycles. The van der Waals surface area contributed by atoms with Crippen LogP contribution in [0.2, 0.25) is 10.0 Å². The second-order valence-electron chi connectivity index (χ2n) is 5.93. The molecule has 0 saturated carbocycles. The van der Waals surface area contributed by atoms with Gasteiger partial charge in [0.15, 0.2) is 0 Å². The van der Waals surface area contributed by atoms with E-state index in [0.29, 0.717) is 12.3 Å². The molecular formula is C19H14Cl2F3N3O4. The van der Waals surface area contributed by atoms with Crippen molar-refractivity contribution in [2.75, 3.05) is 13.7 Å². The Labute approximate surface area is 184 Å². The molecule has 0 bridgehead atoms. The van der Waals surface area contributed by atoms with Gasteiger partial charge in [-0.1, -0.05) is 35.3 Å². The number of nitriles is 1. The number of nitrogens with one attached hydrogen (secondary N) is 1. The second-order valence-corrected chi connectivity index (χ2v) is 6.75. The molecule has 12 heteroatoms. The van der Waals surface area contributed by atoms with E-state index < -0.39 is 47.1 Å². The standard InChI is InChI=1S/C19H14Cl2F3N3O4/c1-26-17(29)18(10-25,31-14-5-3-2-4-12(14)20)15(28)6-7-30-16-13(21)8-11(9-27-16)19(22,23)24/h2-5,8-9H,6-7H2,1H3,(H,26,29). The zero-order chi connectivity index (χ0) is 23.2. The molecule has 2 rings (SSSR count). The van der Waals surface area contributed by atoms with E-state index >= 15 is 0 Å². The van der Waals surface area contributed by atoms with Gasteiger partial charge in [0.2, 0.25) is 11.7 Å². The molecular weight excluding hydrogens is 462 g/mol. The summed E-state index contributed by atoms with van der Waals surface area (Å²) in [5.41, 5.74) is -3.64. The lowest BCUT2D eigenvalue weighted by Crippen LogP contribution is -2.55. The van der Waals surface area contributed by atoms with Crippen LogP contribution >= 0.6 is 23.2 Å². The fourth-order valence-electron chi connectivity index (χ4n) is 2.34. The van der Waals surface area contributed by atoms with Gasteiger partial charge >= 0.3 is 11.8 Å². The number of carbonyl (C=O) groups excluding carboxylic acids is 2. The van der Waals surface area contributed by atoms with Crippen molar-refractivity contribution in [1.29, 1.82) is 5.26 Å². The van der Waals surface area contributed by atoms with Gasteiger partial charge in [-0.25, -0.2) is 4.98 Å². The number of hydrogen-bond acceptors (Lipinski definition) is 6. The number of nitrogens with zero attached hydrogens (tertiary/aromatic N) is 2. The Balaban J connectivity index is 2.17. The molecule has 0 aliphatic heterocycles. The minimum Gasteiger partial charge on any atom is -0.476 e. The van der Waals surface area contributed by atoms with Crippen LogP contribution in [0.4, 0.5) is 13.2 Å². The summed E-state index contributed by atoms with van der Waals surface area (Å²) in [7, 11) is 1.21. The van der Waals surface area contributed by atoms with Crippen molar-refractivity contribution in [2.45, 2.75) is 18.2 Å². The third kappa shape index (κ3) is 5.57. The number of Topliss-reactive ketones (excluding diaryl/α,β-unsaturated/α-hetero) is 1. The van der Waals surface area contributed by atoms with Gasteiger partial charge in [-0.2, -0.15) is 18.4 Å². The van der Waals surface area contributed by atoms with Gasteiger partial charge in [0.1, 0.15) is 16.8 Å². The first-order valence-corrected chi connectivity index (χ1v) is 9.26. The van der Waals surface area contributed by atoms with Gasteiger partial charge in [-0.3, -0.25) is 9.59 Å². The van der Waals surface area contributed by atoms with Crippen LogP contribution in [-0.4, -0.2) is 35.9 Å². The first kappa shape index (κ1) is 24.2. The molecule has 1 aromatic carbocycles. The summed E-state index contributed by atoms with van der Waals surface area (Å²) in [6.45, 7) is -0.441. The van der Waals surface area contributed by atoms with Crippen LogP contribution < -0.4 is 14.8 Å². The van der Waals surface area contributed by atoms with Gasteiger partial charge in [0, 0.05) is 19.7 Å². The summed E-state index contributed by atoms with van der Waals surface area (Å²) in [6.07, 6.45) is -4.64. The minimum absolute atomic E-state index is 0.0656. The highest BCUT2D eigenvalue weighted by Crippen LogP contribution is 2.33. The van der Waals surface area contributed by atoms with Crippen molar-refractivity contribution in [3.8, 4) is 17.7 Å². The zero-order valence-corrected chi connectivity index (χ0v) is 17.3. The van der Waals surface area contributed by atoms with Crippen molar-refractivity contribution in [3.63, 3.8) is 0 Å². The van der Waals surface area contributed by atoms with Crippen LogP contribution in [0, 0.1) is 11.3 Å². The van der Waals surface area contributed by atoms with Crippen LogP contribution in [0.3, 0.4) is 0 Å². The Kier molecular flexibility index (Phi) is 7.70. The van der Waals surface area contributed by atoms with Crippen molar-refractivity contribution < 1.29 is 32.2 Å². The normalized spacial score (nSPS) is 12.9. The van der Waals surface area contributed by atoms with Gasteiger partial charge in [-0.05, 0) is 18.2 Å². The Hall–Kier alpha value is -3.03. The fraction of sp³-hybridized carbons (Fsp3) is 0.263. The molecule has 0 fully saturated rings. The van der Waals surface area contributed by atoms with Gasteiger partial charge in [-0.15, -0.1) is 0 Å². The summed E-state index contributed by atoms with van der Waals surface area (Å²) in [4.78, 5) is 28.6. The predicted molar refractivity (Wildman–Crippen MR) is 104 cm³/mol. The zero-order valence-electron chi connectivity index (χ0n) is 15.8. The van der Waals surface area contributed by atoms with E-state index in [4.69, 9.17) is 32.7 Å². The number of ether oxygens (including phenoxy) is 2. The number of hydrogen-bond donors (Lipinski definition) is 1. The predicted octanol–water partition coefficient (Wildman–Crippen LogP) is 3.83. The Morgan fingerprint density at radius 1 is 1.23 bits per heavy atom. The van der Waals surface area contributed by atoms with Gasteiger partial charge in [0.25, 0.3) is 5.91 Å². The summed E-state index contributed by atoms with van der Waals surface area (Å²) in [6, 6.07) is 8.10. The van der Waals surface area contributed by atoms with Crippen LogP contribution in [0.25, 0.3) is 0 Å². The smallest absolute Gasteiger partial charge is 0.417 e. The largest absolute Gasteiger partial charge is 0.476 e. The number of amides is 1. The number of carbonyl (C=O) groups is 2. The third-order valence-corrected chi connectivity index (χ3v) is 4.48. The van der Waals surface area contributed by atoms with Crippen LogP contribution in [0.5, 0.6) is 11.6 Å². The Morgan fingerprint density at radius 3 is 2.45 bits per heavy atom. The number of benzene rings is 1. The molecule has 1 amide bonds. The van der Waals surface area contributed by atoms with Gasteiger partial charge in [0.05, 0.1) is 17.2 Å². The molecule has 0 radical (unpaired) electrons. The third-order valence-electron chi connectivity index (χ3n) is 3.90. The number of ketones is 1. The molecule has 164 valence electrons. The molecule has 31 heavy (non-hydrogen) atoms. The number of likely N-dealkylation sites (N-methyl/N-ethyl adjacent to an activating group) is 1. The topological polar surface area (TPSA) is 101 Å². The first-order chi connectivity index (χ1) is 14.5. The highest BCUT2D eigenvalue weighted by Gasteiger charge is 2.48.